The van der Waals surface area contributed by atoms with E-state index < -0.39 is 12.6 Å². The van der Waals surface area contributed by atoms with Crippen molar-refractivity contribution in [3.05, 3.63) is 29.0 Å². The largest absolute Gasteiger partial charge is 0.389 e. The molecule has 0 fully saturated rings. The Morgan fingerprint density at radius 3 is 2.61 bits per heavy atom. The molecule has 7 heteroatoms. The van der Waals surface area contributed by atoms with E-state index in [4.69, 9.17) is 11.6 Å². The van der Waals surface area contributed by atoms with Gasteiger partial charge in [0.05, 0.1) is 5.56 Å². The van der Waals surface area contributed by atoms with Gasteiger partial charge in [0.1, 0.15) is 5.15 Å². The minimum Gasteiger partial charge on any atom is -0.352 e. The Morgan fingerprint density at radius 1 is 1.33 bits per heavy atom. The standard InChI is InChI=1S/C11H12ClF3N2O/c12-9-4-3-8(7-17-9)10(18)16-6-2-1-5-11(13,14)15/h3-4,7H,1-2,5-6H2,(H,16,18). The Morgan fingerprint density at radius 2 is 2.06 bits per heavy atom. The van der Waals surface area contributed by atoms with Crippen LogP contribution in [0.2, 0.25) is 5.15 Å². The second-order valence-electron chi connectivity index (χ2n) is 3.70. The molecule has 0 atom stereocenters. The summed E-state index contributed by atoms with van der Waals surface area (Å²) in [7, 11) is 0. The molecule has 1 amide bonds. The fourth-order valence-corrected chi connectivity index (χ4v) is 1.38. The first-order valence-electron chi connectivity index (χ1n) is 5.35. The molecule has 100 valence electrons. The highest BCUT2D eigenvalue weighted by Crippen LogP contribution is 2.21. The molecule has 0 spiro atoms. The molecule has 1 aromatic rings. The zero-order valence-corrected chi connectivity index (χ0v) is 10.2. The topological polar surface area (TPSA) is 42.0 Å². The molecule has 0 unspecified atom stereocenters. The second kappa shape index (κ2) is 6.58. The van der Waals surface area contributed by atoms with E-state index in [1.165, 1.54) is 18.3 Å². The van der Waals surface area contributed by atoms with Crippen LogP contribution in [0.25, 0.3) is 0 Å². The molecule has 1 aromatic heterocycles. The molecule has 0 aliphatic carbocycles. The zero-order chi connectivity index (χ0) is 13.6. The molecule has 0 radical (unpaired) electrons. The van der Waals surface area contributed by atoms with Crippen LogP contribution in [0.5, 0.6) is 0 Å². The molecule has 0 bridgehead atoms. The van der Waals surface area contributed by atoms with E-state index in [9.17, 15) is 18.0 Å². The van der Waals surface area contributed by atoms with Crippen molar-refractivity contribution in [2.45, 2.75) is 25.4 Å². The van der Waals surface area contributed by atoms with Crippen molar-refractivity contribution in [2.75, 3.05) is 6.54 Å². The maximum absolute atomic E-state index is 11.8. The summed E-state index contributed by atoms with van der Waals surface area (Å²) in [6.07, 6.45) is -3.36. The van der Waals surface area contributed by atoms with Gasteiger partial charge in [0.15, 0.2) is 0 Å². The number of nitrogens with one attached hydrogen (secondary N) is 1. The Bertz CT molecular complexity index is 392. The van der Waals surface area contributed by atoms with Gasteiger partial charge in [-0.3, -0.25) is 4.79 Å². The fraction of sp³-hybridized carbons (Fsp3) is 0.455. The summed E-state index contributed by atoms with van der Waals surface area (Å²) in [5.74, 6) is -0.369. The molecule has 18 heavy (non-hydrogen) atoms. The summed E-state index contributed by atoms with van der Waals surface area (Å²) in [6.45, 7) is 0.206. The van der Waals surface area contributed by atoms with E-state index in [0.717, 1.165) is 0 Å². The minimum atomic E-state index is -4.13. The number of hydrogen-bond donors (Lipinski definition) is 1. The lowest BCUT2D eigenvalue weighted by atomic mass is 10.2. The van der Waals surface area contributed by atoms with Gasteiger partial charge in [-0.25, -0.2) is 4.98 Å². The van der Waals surface area contributed by atoms with Gasteiger partial charge in [-0.2, -0.15) is 13.2 Å². The Balaban J connectivity index is 2.24. The second-order valence-corrected chi connectivity index (χ2v) is 4.09. The molecule has 0 aliphatic rings. The van der Waals surface area contributed by atoms with Gasteiger partial charge in [0, 0.05) is 19.2 Å². The number of carbonyl (C=O) groups excluding carboxylic acids is 1. The molecule has 0 aliphatic heterocycles. The third-order valence-electron chi connectivity index (χ3n) is 2.16. The van der Waals surface area contributed by atoms with E-state index in [2.05, 4.69) is 10.3 Å². The van der Waals surface area contributed by atoms with E-state index in [1.54, 1.807) is 0 Å². The van der Waals surface area contributed by atoms with Crippen molar-refractivity contribution >= 4 is 17.5 Å². The van der Waals surface area contributed by atoms with Crippen LogP contribution in [-0.4, -0.2) is 23.6 Å². The quantitative estimate of drug-likeness (QED) is 0.665. The zero-order valence-electron chi connectivity index (χ0n) is 9.43. The number of halogens is 4. The fourth-order valence-electron chi connectivity index (χ4n) is 1.26. The van der Waals surface area contributed by atoms with Gasteiger partial charge in [-0.15, -0.1) is 0 Å². The molecule has 1 N–H and O–H groups in total. The van der Waals surface area contributed by atoms with E-state index in [0.29, 0.717) is 5.56 Å². The maximum Gasteiger partial charge on any atom is 0.389 e. The number of aromatic nitrogens is 1. The van der Waals surface area contributed by atoms with Crippen LogP contribution in [0, 0.1) is 0 Å². The molecule has 0 saturated carbocycles. The summed E-state index contributed by atoms with van der Waals surface area (Å²) in [5.41, 5.74) is 0.329. The normalized spacial score (nSPS) is 11.3. The number of pyridine rings is 1. The Labute approximate surface area is 107 Å². The smallest absolute Gasteiger partial charge is 0.352 e. The minimum absolute atomic E-state index is 0.00263. The molecular formula is C11H12ClF3N2O. The van der Waals surface area contributed by atoms with E-state index >= 15 is 0 Å². The Hall–Kier alpha value is -1.30. The monoisotopic (exact) mass is 280 g/mol. The van der Waals surface area contributed by atoms with Crippen molar-refractivity contribution < 1.29 is 18.0 Å². The predicted molar refractivity (Wildman–Crippen MR) is 61.5 cm³/mol. The van der Waals surface area contributed by atoms with Crippen LogP contribution in [0.1, 0.15) is 29.6 Å². The van der Waals surface area contributed by atoms with Gasteiger partial charge in [0.25, 0.3) is 5.91 Å². The molecule has 0 aromatic carbocycles. The van der Waals surface area contributed by atoms with Crippen molar-refractivity contribution in [1.29, 1.82) is 0 Å². The molecule has 1 rings (SSSR count). The molecule has 1 heterocycles. The highest BCUT2D eigenvalue weighted by Gasteiger charge is 2.25. The van der Waals surface area contributed by atoms with Crippen LogP contribution >= 0.6 is 11.6 Å². The number of hydrogen-bond acceptors (Lipinski definition) is 2. The first-order chi connectivity index (χ1) is 8.38. The van der Waals surface area contributed by atoms with Crippen molar-refractivity contribution in [1.82, 2.24) is 10.3 Å². The van der Waals surface area contributed by atoms with Crippen molar-refractivity contribution in [3.63, 3.8) is 0 Å². The summed E-state index contributed by atoms with van der Waals surface area (Å²) in [5, 5.41) is 2.79. The van der Waals surface area contributed by atoms with E-state index in [-0.39, 0.29) is 30.4 Å². The van der Waals surface area contributed by atoms with E-state index in [1.807, 2.05) is 0 Å². The number of rotatable bonds is 5. The SMILES string of the molecule is O=C(NCCCCC(F)(F)F)c1ccc(Cl)nc1. The van der Waals surface area contributed by atoms with Crippen LogP contribution in [0.3, 0.4) is 0 Å². The van der Waals surface area contributed by atoms with Gasteiger partial charge < -0.3 is 5.32 Å². The molecular weight excluding hydrogens is 269 g/mol. The average Bonchev–Trinajstić information content (AvgIpc) is 2.27. The average molecular weight is 281 g/mol. The van der Waals surface area contributed by atoms with Crippen LogP contribution < -0.4 is 5.32 Å². The first-order valence-corrected chi connectivity index (χ1v) is 5.73. The predicted octanol–water partition coefficient (Wildman–Crippen LogP) is 3.20. The van der Waals surface area contributed by atoms with Crippen molar-refractivity contribution in [2.24, 2.45) is 0 Å². The van der Waals surface area contributed by atoms with Crippen LogP contribution in [-0.2, 0) is 0 Å². The van der Waals surface area contributed by atoms with Crippen LogP contribution in [0.15, 0.2) is 18.3 Å². The summed E-state index contributed by atoms with van der Waals surface area (Å²) in [6, 6.07) is 2.97. The third-order valence-corrected chi connectivity index (χ3v) is 2.39. The number of carbonyl (C=O) groups is 1. The highest BCUT2D eigenvalue weighted by molar-refractivity contribution is 6.29. The van der Waals surface area contributed by atoms with Gasteiger partial charge in [0.2, 0.25) is 0 Å². The molecule has 3 nitrogen and oxygen atoms in total. The van der Waals surface area contributed by atoms with Gasteiger partial charge in [-0.1, -0.05) is 11.6 Å². The maximum atomic E-state index is 11.8. The molecule has 0 saturated heterocycles. The van der Waals surface area contributed by atoms with Crippen LogP contribution in [0.4, 0.5) is 13.2 Å². The van der Waals surface area contributed by atoms with Crippen molar-refractivity contribution in [3.8, 4) is 0 Å². The lowest BCUT2D eigenvalue weighted by Crippen LogP contribution is -2.24. The lowest BCUT2D eigenvalue weighted by molar-refractivity contribution is -0.135. The highest BCUT2D eigenvalue weighted by atomic mass is 35.5. The third kappa shape index (κ3) is 5.86. The van der Waals surface area contributed by atoms with Gasteiger partial charge in [-0.05, 0) is 25.0 Å². The number of unbranched alkanes of at least 4 members (excludes halogenated alkanes) is 1. The summed E-state index contributed by atoms with van der Waals surface area (Å²) >= 11 is 5.56. The first kappa shape index (κ1) is 14.8. The van der Waals surface area contributed by atoms with Gasteiger partial charge >= 0.3 is 6.18 Å². The number of nitrogens with zero attached hydrogens (tertiary/aromatic N) is 1. The summed E-state index contributed by atoms with van der Waals surface area (Å²) < 4.78 is 35.5. The lowest BCUT2D eigenvalue weighted by Gasteiger charge is -2.07. The summed E-state index contributed by atoms with van der Waals surface area (Å²) in [4.78, 5) is 15.2. The number of amides is 1. The number of alkyl halides is 3. The Kier molecular flexibility index (Phi) is 5.40.